The second-order valence-electron chi connectivity index (χ2n) is 3.30. The van der Waals surface area contributed by atoms with Crippen LogP contribution in [0.4, 0.5) is 13.2 Å². The summed E-state index contributed by atoms with van der Waals surface area (Å²) >= 11 is 0. The maximum absolute atomic E-state index is 11.4. The van der Waals surface area contributed by atoms with Crippen LogP contribution in [-0.4, -0.2) is 28.6 Å². The van der Waals surface area contributed by atoms with Gasteiger partial charge in [0.1, 0.15) is 0 Å². The molecule has 0 aliphatic heterocycles. The van der Waals surface area contributed by atoms with Gasteiger partial charge in [0.05, 0.1) is 6.10 Å². The summed E-state index contributed by atoms with van der Waals surface area (Å²) in [5.41, 5.74) is 0. The van der Waals surface area contributed by atoms with Crippen LogP contribution in [0.2, 0.25) is 0 Å². The predicted octanol–water partition coefficient (Wildman–Crippen LogP) is 3.14. The Kier molecular flexibility index (Phi) is 25.0. The fourth-order valence-electron chi connectivity index (χ4n) is 0.457. The normalized spacial score (nSPS) is 13.1. The van der Waals surface area contributed by atoms with Gasteiger partial charge in [-0.1, -0.05) is 0 Å². The van der Waals surface area contributed by atoms with Gasteiger partial charge in [-0.15, -0.1) is 0 Å². The Labute approximate surface area is 115 Å². The van der Waals surface area contributed by atoms with Gasteiger partial charge >= 0.3 is 25.7 Å². The number of rotatable bonds is 2. The van der Waals surface area contributed by atoms with E-state index in [1.807, 2.05) is 40.5 Å². The van der Waals surface area contributed by atoms with Gasteiger partial charge in [-0.25, -0.2) is 0 Å². The van der Waals surface area contributed by atoms with E-state index in [9.17, 15) is 13.2 Å². The Hall–Kier alpha value is 0.333. The van der Waals surface area contributed by atoms with Crippen molar-refractivity contribution in [1.29, 1.82) is 0 Å². The van der Waals surface area contributed by atoms with Gasteiger partial charge in [-0.3, -0.25) is 0 Å². The van der Waals surface area contributed by atoms with Crippen LogP contribution >= 0.6 is 0 Å². The smallest absolute Gasteiger partial charge is 0.393 e. The van der Waals surface area contributed by atoms with Crippen LogP contribution in [0.25, 0.3) is 0 Å². The maximum Gasteiger partial charge on any atom is 2.00 e. The molecule has 0 spiro atoms. The first-order chi connectivity index (χ1) is 7.17. The van der Waals surface area contributed by atoms with Gasteiger partial charge in [0.25, 0.3) is 0 Å². The molecule has 0 saturated carbocycles. The molecule has 2 N–H and O–H groups in total. The van der Waals surface area contributed by atoms with Gasteiger partial charge in [0, 0.05) is 6.42 Å². The molecular weight excluding hydrogens is 324 g/mol. The molecule has 17 heavy (non-hydrogen) atoms. The molecule has 0 bridgehead atoms. The van der Waals surface area contributed by atoms with Crippen molar-refractivity contribution in [2.75, 3.05) is 0 Å². The van der Waals surface area contributed by atoms with E-state index >= 15 is 0 Å². The van der Waals surface area contributed by atoms with Crippen LogP contribution in [0.3, 0.4) is 0 Å². The Morgan fingerprint density at radius 3 is 1.29 bits per heavy atom. The van der Waals surface area contributed by atoms with Crippen LogP contribution in [0.5, 0.6) is 0 Å². The average molecular weight is 347 g/mol. The molecule has 2 atom stereocenters. The van der Waals surface area contributed by atoms with E-state index in [0.717, 1.165) is 0 Å². The summed E-state index contributed by atoms with van der Waals surface area (Å²) in [6.45, 7) is 9.19. The van der Waals surface area contributed by atoms with E-state index in [2.05, 4.69) is 0 Å². The van der Waals surface area contributed by atoms with E-state index in [4.69, 9.17) is 10.2 Å². The van der Waals surface area contributed by atoms with Gasteiger partial charge < -0.3 is 23.1 Å². The SMILES string of the molecule is CC(O)CC(O)C(F)(F)F.C[CH-]C.C[CH-]C.[Rh+2]. The summed E-state index contributed by atoms with van der Waals surface area (Å²) < 4.78 is 34.3. The van der Waals surface area contributed by atoms with Crippen molar-refractivity contribution in [2.45, 2.75) is 59.4 Å². The zero-order chi connectivity index (χ0) is 13.8. The van der Waals surface area contributed by atoms with Crippen molar-refractivity contribution in [3.63, 3.8) is 0 Å². The zero-order valence-electron chi connectivity index (χ0n) is 10.9. The summed E-state index contributed by atoms with van der Waals surface area (Å²) in [4.78, 5) is 0. The summed E-state index contributed by atoms with van der Waals surface area (Å²) in [5.74, 6) is 0. The molecule has 0 aromatic carbocycles. The van der Waals surface area contributed by atoms with Gasteiger partial charge in [0.2, 0.25) is 0 Å². The van der Waals surface area contributed by atoms with Crippen molar-refractivity contribution in [2.24, 2.45) is 0 Å². The quantitative estimate of drug-likeness (QED) is 0.595. The maximum atomic E-state index is 11.4. The Morgan fingerprint density at radius 1 is 1.00 bits per heavy atom. The fourth-order valence-corrected chi connectivity index (χ4v) is 0.457. The molecule has 6 heteroatoms. The summed E-state index contributed by atoms with van der Waals surface area (Å²) in [6, 6.07) is 0. The molecule has 0 amide bonds. The number of alkyl halides is 3. The molecule has 0 heterocycles. The second kappa shape index (κ2) is 16.3. The largest absolute Gasteiger partial charge is 2.00 e. The van der Waals surface area contributed by atoms with E-state index in [0.29, 0.717) is 0 Å². The first-order valence-corrected chi connectivity index (χ1v) is 5.08. The predicted molar refractivity (Wildman–Crippen MR) is 59.7 cm³/mol. The van der Waals surface area contributed by atoms with Gasteiger partial charge in [0.15, 0.2) is 6.10 Å². The first-order valence-electron chi connectivity index (χ1n) is 5.08. The topological polar surface area (TPSA) is 40.5 Å². The molecule has 0 aromatic rings. The van der Waals surface area contributed by atoms with Crippen molar-refractivity contribution in [3.8, 4) is 0 Å². The fraction of sp³-hybridized carbons (Fsp3) is 0.818. The summed E-state index contributed by atoms with van der Waals surface area (Å²) in [7, 11) is 0. The first kappa shape index (κ1) is 26.0. The second-order valence-corrected chi connectivity index (χ2v) is 3.30. The van der Waals surface area contributed by atoms with Gasteiger partial charge in [-0.2, -0.15) is 40.9 Å². The molecule has 2 nitrogen and oxygen atoms in total. The van der Waals surface area contributed by atoms with Crippen LogP contribution in [0, 0.1) is 12.8 Å². The van der Waals surface area contributed by atoms with Crippen LogP contribution < -0.4 is 0 Å². The van der Waals surface area contributed by atoms with E-state index in [1.54, 1.807) is 0 Å². The van der Waals surface area contributed by atoms with E-state index in [-0.39, 0.29) is 19.5 Å². The molecule has 1 radical (unpaired) electrons. The Balaban J connectivity index is -0.000000102. The third-order valence-corrected chi connectivity index (χ3v) is 0.942. The minimum absolute atomic E-state index is 0. The van der Waals surface area contributed by atoms with Crippen LogP contribution in [0.15, 0.2) is 0 Å². The van der Waals surface area contributed by atoms with Crippen molar-refractivity contribution >= 4 is 0 Å². The number of hydrogen-bond donors (Lipinski definition) is 2. The van der Waals surface area contributed by atoms with E-state index in [1.165, 1.54) is 6.92 Å². The van der Waals surface area contributed by atoms with E-state index < -0.39 is 24.8 Å². The Bertz CT molecular complexity index is 128. The molecule has 0 aromatic heterocycles. The third kappa shape index (κ3) is 31.4. The zero-order valence-corrected chi connectivity index (χ0v) is 12.5. The van der Waals surface area contributed by atoms with Crippen molar-refractivity contribution < 1.29 is 42.9 Å². The molecule has 0 rings (SSSR count). The summed E-state index contributed by atoms with van der Waals surface area (Å²) in [5, 5.41) is 16.7. The minimum atomic E-state index is -4.61. The van der Waals surface area contributed by atoms with Crippen LogP contribution in [-0.2, 0) is 19.5 Å². The molecule has 0 aliphatic carbocycles. The number of aliphatic hydroxyl groups is 2. The van der Waals surface area contributed by atoms with Crippen LogP contribution in [0.1, 0.15) is 41.0 Å². The number of hydrogen-bond acceptors (Lipinski definition) is 2. The molecule has 0 saturated heterocycles. The number of aliphatic hydroxyl groups excluding tert-OH is 2. The molecule has 2 unspecified atom stereocenters. The Morgan fingerprint density at radius 2 is 1.24 bits per heavy atom. The van der Waals surface area contributed by atoms with Gasteiger partial charge in [-0.05, 0) is 6.92 Å². The standard InChI is InChI=1S/C5H9F3O2.2C3H7.Rh/c1-3(9)2-4(10)5(6,7)8;2*1-3-2;/h3-4,9-10H,2H2,1H3;2*3H,1-2H3;/q;2*-1;+2. The number of halogens is 3. The minimum Gasteiger partial charge on any atom is -0.393 e. The third-order valence-electron chi connectivity index (χ3n) is 0.942. The van der Waals surface area contributed by atoms with Crippen molar-refractivity contribution in [3.05, 3.63) is 12.8 Å². The molecular formula is C11H23F3O2Rh. The average Bonchev–Trinajstić information content (AvgIpc) is 2.03. The molecule has 109 valence electrons. The molecule has 0 aliphatic rings. The summed E-state index contributed by atoms with van der Waals surface area (Å²) in [6.07, 6.45) is -4.82. The monoisotopic (exact) mass is 347 g/mol. The molecule has 0 fully saturated rings. The van der Waals surface area contributed by atoms with Crippen molar-refractivity contribution in [1.82, 2.24) is 0 Å².